The molecule has 4 heteroatoms. The maximum Gasteiger partial charge on any atom is 0.110 e. The Morgan fingerprint density at radius 3 is 2.38 bits per heavy atom. The van der Waals surface area contributed by atoms with Crippen LogP contribution in [0.25, 0.3) is 0 Å². The second kappa shape index (κ2) is 8.31. The summed E-state index contributed by atoms with van der Waals surface area (Å²) in [7, 11) is 0. The van der Waals surface area contributed by atoms with E-state index in [4.69, 9.17) is 4.74 Å². The lowest BCUT2D eigenvalue weighted by Crippen LogP contribution is -2.47. The molecule has 2 aromatic carbocycles. The summed E-state index contributed by atoms with van der Waals surface area (Å²) < 4.78 is 5.82. The quantitative estimate of drug-likeness (QED) is 0.770. The number of aliphatic hydroxyl groups excluding tert-OH is 3. The average molecular weight is 356 g/mol. The molecular weight excluding hydrogens is 328 g/mol. The first-order chi connectivity index (χ1) is 12.5. The molecule has 0 bridgehead atoms. The molecule has 0 aromatic heterocycles. The number of ether oxygens (including phenoxy) is 1. The van der Waals surface area contributed by atoms with Crippen molar-refractivity contribution >= 4 is 0 Å². The fourth-order valence-electron chi connectivity index (χ4n) is 3.51. The fraction of sp³-hybridized carbons (Fsp3) is 0.455. The van der Waals surface area contributed by atoms with E-state index in [1.165, 1.54) is 22.3 Å². The van der Waals surface area contributed by atoms with Gasteiger partial charge >= 0.3 is 0 Å². The van der Waals surface area contributed by atoms with Crippen LogP contribution in [-0.2, 0) is 17.6 Å². The lowest BCUT2D eigenvalue weighted by atomic mass is 9.91. The zero-order valence-electron chi connectivity index (χ0n) is 15.4. The molecule has 0 radical (unpaired) electrons. The first-order valence-corrected chi connectivity index (χ1v) is 9.31. The second-order valence-corrected chi connectivity index (χ2v) is 7.17. The van der Waals surface area contributed by atoms with E-state index in [0.29, 0.717) is 6.42 Å². The number of rotatable bonds is 5. The van der Waals surface area contributed by atoms with E-state index in [0.717, 1.165) is 18.4 Å². The molecule has 3 N–H and O–H groups in total. The van der Waals surface area contributed by atoms with Crippen molar-refractivity contribution in [2.45, 2.75) is 57.5 Å². The molecule has 140 valence electrons. The molecule has 0 saturated carbocycles. The number of benzene rings is 2. The van der Waals surface area contributed by atoms with Crippen LogP contribution in [0.1, 0.15) is 47.3 Å². The molecule has 0 spiro atoms. The van der Waals surface area contributed by atoms with Crippen molar-refractivity contribution < 1.29 is 20.1 Å². The topological polar surface area (TPSA) is 69.9 Å². The van der Waals surface area contributed by atoms with Gasteiger partial charge < -0.3 is 20.1 Å². The summed E-state index contributed by atoms with van der Waals surface area (Å²) in [6.45, 7) is 3.94. The maximum atomic E-state index is 10.1. The summed E-state index contributed by atoms with van der Waals surface area (Å²) in [4.78, 5) is 0. The molecule has 1 saturated heterocycles. The van der Waals surface area contributed by atoms with Gasteiger partial charge in [0.25, 0.3) is 0 Å². The van der Waals surface area contributed by atoms with Crippen molar-refractivity contribution in [3.05, 3.63) is 70.3 Å². The minimum absolute atomic E-state index is 0.308. The standard InChI is InChI=1S/C22H28O4/c1-3-15-5-7-16(8-6-15)10-18-11-17(9-4-14(18)2)20-12-19(24)22(25)21(13-23)26-20/h4-9,11,19-25H,3,10,12-13H2,1-2H3/t19-,20-,21-,22+/m1/s1. The normalized spacial score (nSPS) is 26.0. The Morgan fingerprint density at radius 1 is 1.04 bits per heavy atom. The predicted octanol–water partition coefficient (Wildman–Crippen LogP) is 2.69. The highest BCUT2D eigenvalue weighted by molar-refractivity contribution is 5.37. The SMILES string of the molecule is CCc1ccc(Cc2cc([C@H]3C[C@@H](O)[C@H](O)[C@@H](CO)O3)ccc2C)cc1. The van der Waals surface area contributed by atoms with E-state index < -0.39 is 18.3 Å². The molecule has 4 atom stereocenters. The largest absolute Gasteiger partial charge is 0.394 e. The van der Waals surface area contributed by atoms with E-state index >= 15 is 0 Å². The summed E-state index contributed by atoms with van der Waals surface area (Å²) in [6, 6.07) is 14.9. The minimum Gasteiger partial charge on any atom is -0.394 e. The molecule has 4 nitrogen and oxygen atoms in total. The van der Waals surface area contributed by atoms with Crippen molar-refractivity contribution in [3.63, 3.8) is 0 Å². The highest BCUT2D eigenvalue weighted by atomic mass is 16.5. The number of aliphatic hydroxyl groups is 3. The Hall–Kier alpha value is -1.72. The molecule has 1 heterocycles. The van der Waals surface area contributed by atoms with E-state index in [-0.39, 0.29) is 12.7 Å². The van der Waals surface area contributed by atoms with Crippen molar-refractivity contribution in [2.24, 2.45) is 0 Å². The summed E-state index contributed by atoms with van der Waals surface area (Å²) in [5.41, 5.74) is 5.99. The van der Waals surface area contributed by atoms with E-state index in [2.05, 4.69) is 50.2 Å². The monoisotopic (exact) mass is 356 g/mol. The first-order valence-electron chi connectivity index (χ1n) is 9.31. The van der Waals surface area contributed by atoms with Crippen molar-refractivity contribution in [1.82, 2.24) is 0 Å². The van der Waals surface area contributed by atoms with Crippen LogP contribution in [0.15, 0.2) is 42.5 Å². The van der Waals surface area contributed by atoms with Gasteiger partial charge in [0.15, 0.2) is 0 Å². The Morgan fingerprint density at radius 2 is 1.73 bits per heavy atom. The van der Waals surface area contributed by atoms with Crippen LogP contribution in [-0.4, -0.2) is 40.2 Å². The molecule has 2 aromatic rings. The van der Waals surface area contributed by atoms with Gasteiger partial charge in [-0.15, -0.1) is 0 Å². The summed E-state index contributed by atoms with van der Waals surface area (Å²) in [6.07, 6.45) is -0.817. The third kappa shape index (κ3) is 4.15. The fourth-order valence-corrected chi connectivity index (χ4v) is 3.51. The first kappa shape index (κ1) is 19.1. The van der Waals surface area contributed by atoms with Crippen LogP contribution in [0, 0.1) is 6.92 Å². The van der Waals surface area contributed by atoms with Gasteiger partial charge in [-0.25, -0.2) is 0 Å². The molecule has 1 fully saturated rings. The third-order valence-corrected chi connectivity index (χ3v) is 5.32. The number of aryl methyl sites for hydroxylation is 2. The molecule has 0 amide bonds. The Kier molecular flexibility index (Phi) is 6.09. The van der Waals surface area contributed by atoms with Gasteiger partial charge in [0, 0.05) is 6.42 Å². The van der Waals surface area contributed by atoms with Gasteiger partial charge in [-0.3, -0.25) is 0 Å². The molecule has 0 aliphatic carbocycles. The molecule has 3 rings (SSSR count). The van der Waals surface area contributed by atoms with E-state index in [1.807, 2.05) is 6.07 Å². The predicted molar refractivity (Wildman–Crippen MR) is 101 cm³/mol. The van der Waals surface area contributed by atoms with Crippen LogP contribution in [0.3, 0.4) is 0 Å². The van der Waals surface area contributed by atoms with Gasteiger partial charge in [-0.05, 0) is 47.6 Å². The Balaban J connectivity index is 1.80. The number of hydrogen-bond donors (Lipinski definition) is 3. The van der Waals surface area contributed by atoms with Gasteiger partial charge in [0.1, 0.15) is 12.2 Å². The molecular formula is C22H28O4. The van der Waals surface area contributed by atoms with Crippen molar-refractivity contribution in [2.75, 3.05) is 6.61 Å². The molecule has 0 unspecified atom stereocenters. The molecule has 1 aliphatic rings. The minimum atomic E-state index is -1.04. The van der Waals surface area contributed by atoms with Crippen molar-refractivity contribution in [3.8, 4) is 0 Å². The number of hydrogen-bond acceptors (Lipinski definition) is 4. The zero-order chi connectivity index (χ0) is 18.7. The Bertz CT molecular complexity index is 725. The van der Waals surface area contributed by atoms with Gasteiger partial charge in [-0.2, -0.15) is 0 Å². The van der Waals surface area contributed by atoms with Gasteiger partial charge in [-0.1, -0.05) is 49.4 Å². The van der Waals surface area contributed by atoms with Crippen molar-refractivity contribution in [1.29, 1.82) is 0 Å². The van der Waals surface area contributed by atoms with Gasteiger partial charge in [0.05, 0.1) is 18.8 Å². The summed E-state index contributed by atoms with van der Waals surface area (Å²) in [5, 5.41) is 29.4. The van der Waals surface area contributed by atoms with Gasteiger partial charge in [0.2, 0.25) is 0 Å². The van der Waals surface area contributed by atoms with Crippen LogP contribution in [0.5, 0.6) is 0 Å². The van der Waals surface area contributed by atoms with Crippen LogP contribution in [0.2, 0.25) is 0 Å². The smallest absolute Gasteiger partial charge is 0.110 e. The molecule has 26 heavy (non-hydrogen) atoms. The summed E-state index contributed by atoms with van der Waals surface area (Å²) in [5.74, 6) is 0. The van der Waals surface area contributed by atoms with E-state index in [1.54, 1.807) is 0 Å². The third-order valence-electron chi connectivity index (χ3n) is 5.32. The molecule has 1 aliphatic heterocycles. The average Bonchev–Trinajstić information content (AvgIpc) is 2.66. The highest BCUT2D eigenvalue weighted by Crippen LogP contribution is 2.33. The second-order valence-electron chi connectivity index (χ2n) is 7.17. The van der Waals surface area contributed by atoms with Crippen LogP contribution < -0.4 is 0 Å². The lowest BCUT2D eigenvalue weighted by molar-refractivity contribution is -0.181. The highest BCUT2D eigenvalue weighted by Gasteiger charge is 2.36. The van der Waals surface area contributed by atoms with Crippen LogP contribution in [0.4, 0.5) is 0 Å². The maximum absolute atomic E-state index is 10.1. The van der Waals surface area contributed by atoms with Crippen LogP contribution >= 0.6 is 0 Å². The summed E-state index contributed by atoms with van der Waals surface area (Å²) >= 11 is 0. The van der Waals surface area contributed by atoms with E-state index in [9.17, 15) is 15.3 Å². The Labute approximate surface area is 155 Å². The lowest BCUT2D eigenvalue weighted by Gasteiger charge is -2.36. The zero-order valence-corrected chi connectivity index (χ0v) is 15.4.